The van der Waals surface area contributed by atoms with Crippen molar-refractivity contribution in [2.45, 2.75) is 25.1 Å². The molecular weight excluding hydrogens is 431 g/mol. The fraction of sp³-hybridized carbons (Fsp3) is 0.450. The molecule has 0 aliphatic carbocycles. The number of halogens is 3. The van der Waals surface area contributed by atoms with Gasteiger partial charge in [-0.2, -0.15) is 13.2 Å². The Kier molecular flexibility index (Phi) is 7.16. The number of anilines is 2. The Morgan fingerprint density at radius 2 is 2.10 bits per heavy atom. The van der Waals surface area contributed by atoms with Crippen molar-refractivity contribution in [1.29, 1.82) is 0 Å². The summed E-state index contributed by atoms with van der Waals surface area (Å²) in [4.78, 5) is 33.1. The molecule has 0 radical (unpaired) electrons. The van der Waals surface area contributed by atoms with Crippen molar-refractivity contribution in [1.82, 2.24) is 20.1 Å². The molecule has 0 bridgehead atoms. The van der Waals surface area contributed by atoms with Crippen LogP contribution in [0.3, 0.4) is 0 Å². The Morgan fingerprint density at radius 3 is 2.81 bits per heavy atom. The van der Waals surface area contributed by atoms with Gasteiger partial charge in [0.25, 0.3) is 5.91 Å². The van der Waals surface area contributed by atoms with Crippen LogP contribution in [-0.2, 0) is 11.0 Å². The zero-order valence-electron chi connectivity index (χ0n) is 17.2. The summed E-state index contributed by atoms with van der Waals surface area (Å²) in [5.41, 5.74) is -0.388. The predicted octanol–water partition coefficient (Wildman–Crippen LogP) is 3.19. The number of hydrogen-bond donors (Lipinski definition) is 2. The molecule has 2 heterocycles. The smallest absolute Gasteiger partial charge is 0.353 e. The number of rotatable bonds is 7. The van der Waals surface area contributed by atoms with E-state index in [0.717, 1.165) is 29.9 Å². The molecule has 2 N–H and O–H groups in total. The first-order chi connectivity index (χ1) is 14.6. The number of amides is 2. The summed E-state index contributed by atoms with van der Waals surface area (Å²) in [6, 6.07) is 4.22. The number of alkyl halides is 3. The molecule has 11 heteroatoms. The fourth-order valence-corrected chi connectivity index (χ4v) is 3.98. The zero-order chi connectivity index (χ0) is 22.6. The summed E-state index contributed by atoms with van der Waals surface area (Å²) < 4.78 is 38.6. The summed E-state index contributed by atoms with van der Waals surface area (Å²) >= 11 is 1.11. The average Bonchev–Trinajstić information content (AvgIpc) is 3.36. The van der Waals surface area contributed by atoms with E-state index in [-0.39, 0.29) is 23.2 Å². The molecular formula is C20H24F3N5O2S. The second-order valence-corrected chi connectivity index (χ2v) is 8.35. The third kappa shape index (κ3) is 5.95. The summed E-state index contributed by atoms with van der Waals surface area (Å²) in [6.07, 6.45) is -3.14. The van der Waals surface area contributed by atoms with E-state index in [1.54, 1.807) is 0 Å². The number of thiazole rings is 1. The largest absolute Gasteiger partial charge is 0.416 e. The first kappa shape index (κ1) is 23.0. The van der Waals surface area contributed by atoms with Gasteiger partial charge in [0, 0.05) is 30.7 Å². The van der Waals surface area contributed by atoms with Gasteiger partial charge in [0.1, 0.15) is 11.7 Å². The van der Waals surface area contributed by atoms with Crippen molar-refractivity contribution < 1.29 is 22.8 Å². The van der Waals surface area contributed by atoms with Gasteiger partial charge < -0.3 is 20.4 Å². The summed E-state index contributed by atoms with van der Waals surface area (Å²) in [5.74, 6) is -0.552. The minimum Gasteiger partial charge on any atom is -0.353 e. The van der Waals surface area contributed by atoms with Crippen molar-refractivity contribution in [3.05, 3.63) is 40.9 Å². The number of aromatic nitrogens is 1. The number of carbonyl (C=O) groups is 2. The molecule has 1 aromatic carbocycles. The number of nitrogens with one attached hydrogen (secondary N) is 2. The molecule has 0 unspecified atom stereocenters. The third-order valence-corrected chi connectivity index (χ3v) is 5.60. The van der Waals surface area contributed by atoms with Gasteiger partial charge in [-0.15, -0.1) is 11.3 Å². The highest BCUT2D eigenvalue weighted by Crippen LogP contribution is 2.32. The lowest BCUT2D eigenvalue weighted by Crippen LogP contribution is -2.47. The third-order valence-electron chi connectivity index (χ3n) is 4.84. The Hall–Kier alpha value is -2.66. The molecule has 1 aromatic heterocycles. The number of likely N-dealkylation sites (tertiary alicyclic amines) is 1. The first-order valence-corrected chi connectivity index (χ1v) is 10.7. The van der Waals surface area contributed by atoms with Gasteiger partial charge in [0.2, 0.25) is 5.91 Å². The topological polar surface area (TPSA) is 77.6 Å². The van der Waals surface area contributed by atoms with Gasteiger partial charge in [-0.25, -0.2) is 4.98 Å². The number of carbonyl (C=O) groups excluding carboxylic acids is 2. The van der Waals surface area contributed by atoms with Gasteiger partial charge >= 0.3 is 6.18 Å². The Labute approximate surface area is 182 Å². The molecule has 1 aliphatic heterocycles. The average molecular weight is 456 g/mol. The van der Waals surface area contributed by atoms with Gasteiger partial charge in [0.05, 0.1) is 5.56 Å². The lowest BCUT2D eigenvalue weighted by molar-refractivity contribution is -0.137. The van der Waals surface area contributed by atoms with Gasteiger partial charge in [-0.1, -0.05) is 6.07 Å². The number of benzene rings is 1. The highest BCUT2D eigenvalue weighted by atomic mass is 32.1. The maximum atomic E-state index is 12.9. The second kappa shape index (κ2) is 9.65. The molecule has 1 aliphatic rings. The van der Waals surface area contributed by atoms with Gasteiger partial charge in [-0.3, -0.25) is 9.59 Å². The quantitative estimate of drug-likeness (QED) is 0.671. The monoisotopic (exact) mass is 455 g/mol. The number of likely N-dealkylation sites (N-methyl/N-ethyl adjacent to an activating group) is 1. The zero-order valence-corrected chi connectivity index (χ0v) is 18.0. The SMILES string of the molecule is CN(C)CCNC(=O)[C@@H]1CCCN1C(=O)c1csc(Nc2cccc(C(F)(F)F)c2)n1. The molecule has 31 heavy (non-hydrogen) atoms. The molecule has 2 aromatic rings. The lowest BCUT2D eigenvalue weighted by atomic mass is 10.2. The van der Waals surface area contributed by atoms with Crippen molar-refractivity contribution in [2.24, 2.45) is 0 Å². The summed E-state index contributed by atoms with van der Waals surface area (Å²) in [6.45, 7) is 1.65. The molecule has 2 amide bonds. The van der Waals surface area contributed by atoms with E-state index in [9.17, 15) is 22.8 Å². The van der Waals surface area contributed by atoms with Crippen molar-refractivity contribution in [3.63, 3.8) is 0 Å². The first-order valence-electron chi connectivity index (χ1n) is 9.78. The van der Waals surface area contributed by atoms with Gasteiger partial charge in [0.15, 0.2) is 5.13 Å². The Bertz CT molecular complexity index is 932. The van der Waals surface area contributed by atoms with Crippen LogP contribution in [0.4, 0.5) is 24.0 Å². The van der Waals surface area contributed by atoms with Crippen LogP contribution in [-0.4, -0.2) is 66.4 Å². The summed E-state index contributed by atoms with van der Waals surface area (Å²) in [5, 5.41) is 7.50. The van der Waals surface area contributed by atoms with Crippen LogP contribution in [0.15, 0.2) is 29.6 Å². The number of nitrogens with zero attached hydrogens (tertiary/aromatic N) is 3. The van der Waals surface area contributed by atoms with E-state index in [2.05, 4.69) is 15.6 Å². The molecule has 0 spiro atoms. The van der Waals surface area contributed by atoms with Crippen molar-refractivity contribution in [3.8, 4) is 0 Å². The van der Waals surface area contributed by atoms with Crippen LogP contribution in [0.2, 0.25) is 0 Å². The maximum Gasteiger partial charge on any atom is 0.416 e. The minimum absolute atomic E-state index is 0.160. The van der Waals surface area contributed by atoms with E-state index in [1.807, 2.05) is 19.0 Å². The van der Waals surface area contributed by atoms with Crippen molar-refractivity contribution in [2.75, 3.05) is 39.0 Å². The molecule has 3 rings (SSSR count). The normalized spacial score (nSPS) is 16.6. The molecule has 0 saturated carbocycles. The van der Waals surface area contributed by atoms with Crippen LogP contribution in [0.5, 0.6) is 0 Å². The van der Waals surface area contributed by atoms with Crippen LogP contribution in [0.1, 0.15) is 28.9 Å². The standard InChI is InChI=1S/C20H24F3N5O2S/c1-27(2)10-8-24-17(29)16-7-4-9-28(16)18(30)15-12-31-19(26-15)25-14-6-3-5-13(11-14)20(21,22)23/h3,5-6,11-12,16H,4,7-10H2,1-2H3,(H,24,29)(H,25,26)/t16-/m0/s1. The van der Waals surface area contributed by atoms with E-state index >= 15 is 0 Å². The molecule has 7 nitrogen and oxygen atoms in total. The molecule has 1 saturated heterocycles. The van der Waals surface area contributed by atoms with Crippen LogP contribution >= 0.6 is 11.3 Å². The van der Waals surface area contributed by atoms with E-state index in [4.69, 9.17) is 0 Å². The van der Waals surface area contributed by atoms with Gasteiger partial charge in [-0.05, 0) is 45.1 Å². The predicted molar refractivity (Wildman–Crippen MR) is 112 cm³/mol. The van der Waals surface area contributed by atoms with Crippen molar-refractivity contribution >= 4 is 34.0 Å². The van der Waals surface area contributed by atoms with Crippen LogP contribution < -0.4 is 10.6 Å². The second-order valence-electron chi connectivity index (χ2n) is 7.49. The molecule has 1 atom stereocenters. The fourth-order valence-electron chi connectivity index (χ4n) is 3.28. The highest BCUT2D eigenvalue weighted by Gasteiger charge is 2.35. The van der Waals surface area contributed by atoms with Crippen LogP contribution in [0.25, 0.3) is 0 Å². The van der Waals surface area contributed by atoms with E-state index in [0.29, 0.717) is 31.2 Å². The van der Waals surface area contributed by atoms with Crippen LogP contribution in [0, 0.1) is 0 Å². The Balaban J connectivity index is 1.65. The van der Waals surface area contributed by atoms with E-state index < -0.39 is 17.8 Å². The Morgan fingerprint density at radius 1 is 1.32 bits per heavy atom. The highest BCUT2D eigenvalue weighted by molar-refractivity contribution is 7.14. The number of hydrogen-bond acceptors (Lipinski definition) is 6. The maximum absolute atomic E-state index is 12.9. The minimum atomic E-state index is -4.44. The summed E-state index contributed by atoms with van der Waals surface area (Å²) in [7, 11) is 3.82. The lowest BCUT2D eigenvalue weighted by Gasteiger charge is -2.23. The molecule has 168 valence electrons. The molecule has 1 fully saturated rings. The van der Waals surface area contributed by atoms with E-state index in [1.165, 1.54) is 22.4 Å².